The molecule has 1 aromatic carbocycles. The van der Waals surface area contributed by atoms with Crippen LogP contribution in [0.3, 0.4) is 0 Å². The Balaban J connectivity index is 1.40. The van der Waals surface area contributed by atoms with Gasteiger partial charge in [-0.15, -0.1) is 0 Å². The molecule has 4 N–H and O–H groups in total. The van der Waals surface area contributed by atoms with Crippen LogP contribution < -0.4 is 10.6 Å². The van der Waals surface area contributed by atoms with E-state index in [1.54, 1.807) is 44.2 Å². The third-order valence-electron chi connectivity index (χ3n) is 7.57. The summed E-state index contributed by atoms with van der Waals surface area (Å²) in [5.74, 6) is -0.0629. The molecule has 1 atom stereocenters. The number of carbonyl (C=O) groups is 1. The number of hydrogen-bond donors (Lipinski definition) is 3. The molecular weight excluding hydrogens is 487 g/mol. The molecule has 196 valence electrons. The average Bonchev–Trinajstić information content (AvgIpc) is 3.44. The lowest BCUT2D eigenvalue weighted by Gasteiger charge is -2.40. The number of fused-ring (bicyclic) bond motifs is 2. The van der Waals surface area contributed by atoms with E-state index in [9.17, 15) is 15.0 Å². The summed E-state index contributed by atoms with van der Waals surface area (Å²) in [6.07, 6.45) is 1.78. The van der Waals surface area contributed by atoms with Crippen LogP contribution in [-0.4, -0.2) is 47.6 Å². The van der Waals surface area contributed by atoms with Gasteiger partial charge in [-0.25, -0.2) is 14.4 Å². The topological polar surface area (TPSA) is 130 Å². The second-order valence-corrected chi connectivity index (χ2v) is 10.7. The third-order valence-corrected chi connectivity index (χ3v) is 7.57. The van der Waals surface area contributed by atoms with Crippen LogP contribution in [0.1, 0.15) is 60.3 Å². The van der Waals surface area contributed by atoms with E-state index in [1.807, 2.05) is 17.5 Å². The minimum atomic E-state index is -1.45. The van der Waals surface area contributed by atoms with Gasteiger partial charge in [0.05, 0.1) is 17.0 Å². The molecule has 1 aliphatic carbocycles. The molecule has 38 heavy (non-hydrogen) atoms. The van der Waals surface area contributed by atoms with Crippen molar-refractivity contribution in [2.45, 2.75) is 57.7 Å². The predicted octanol–water partition coefficient (Wildman–Crippen LogP) is 3.38. The van der Waals surface area contributed by atoms with Gasteiger partial charge in [0.2, 0.25) is 0 Å². The minimum absolute atomic E-state index is 0.00905. The zero-order chi connectivity index (χ0) is 26.9. The lowest BCUT2D eigenvalue weighted by molar-refractivity contribution is -0.127. The zero-order valence-corrected chi connectivity index (χ0v) is 21.4. The molecule has 6 rings (SSSR count). The minimum Gasteiger partial charge on any atom is -0.390 e. The van der Waals surface area contributed by atoms with E-state index in [0.29, 0.717) is 58.9 Å². The molecule has 1 fully saturated rings. The van der Waals surface area contributed by atoms with Crippen LogP contribution in [-0.2, 0) is 11.2 Å². The van der Waals surface area contributed by atoms with Gasteiger partial charge in [-0.2, -0.15) is 0 Å². The summed E-state index contributed by atoms with van der Waals surface area (Å²) in [7, 11) is 0. The molecule has 0 spiro atoms. The van der Waals surface area contributed by atoms with Gasteiger partial charge in [0.25, 0.3) is 5.91 Å². The smallest absolute Gasteiger partial charge is 0.262 e. The highest BCUT2D eigenvalue weighted by Gasteiger charge is 2.42. The molecule has 1 amide bonds. The van der Waals surface area contributed by atoms with Crippen LogP contribution in [0.15, 0.2) is 36.5 Å². The van der Waals surface area contributed by atoms with Crippen molar-refractivity contribution in [2.24, 2.45) is 0 Å². The van der Waals surface area contributed by atoms with Gasteiger partial charge >= 0.3 is 0 Å². The molecule has 0 radical (unpaired) electrons. The van der Waals surface area contributed by atoms with Crippen molar-refractivity contribution in [3.8, 4) is 11.3 Å². The van der Waals surface area contributed by atoms with Crippen molar-refractivity contribution in [2.75, 3.05) is 17.2 Å². The predicted molar refractivity (Wildman–Crippen MR) is 140 cm³/mol. The van der Waals surface area contributed by atoms with Crippen molar-refractivity contribution in [3.63, 3.8) is 0 Å². The van der Waals surface area contributed by atoms with Crippen LogP contribution >= 0.6 is 0 Å². The lowest BCUT2D eigenvalue weighted by atomic mass is 9.72. The summed E-state index contributed by atoms with van der Waals surface area (Å²) in [6.45, 7) is 5.65. The second-order valence-electron chi connectivity index (χ2n) is 10.7. The fourth-order valence-electron chi connectivity index (χ4n) is 5.79. The number of benzene rings is 1. The van der Waals surface area contributed by atoms with E-state index in [2.05, 4.69) is 9.97 Å². The number of nitrogens with two attached hydrogens (primary N) is 1. The summed E-state index contributed by atoms with van der Waals surface area (Å²) >= 11 is 0. The van der Waals surface area contributed by atoms with Crippen molar-refractivity contribution >= 4 is 22.9 Å². The highest BCUT2D eigenvalue weighted by atomic mass is 19.1. The molecule has 4 heterocycles. The van der Waals surface area contributed by atoms with Crippen LogP contribution in [0, 0.1) is 19.7 Å². The SMILES string of the molecule is Cc1cccc(C(O)C(=O)N2CCc3c2ccc(-c2nc(C4CC(C)(O)C4)n4cc(C)nc(N)c24)c3F)n1. The van der Waals surface area contributed by atoms with Crippen molar-refractivity contribution in [1.82, 2.24) is 19.4 Å². The molecule has 2 aliphatic rings. The van der Waals surface area contributed by atoms with E-state index < -0.39 is 23.4 Å². The number of imidazole rings is 1. The van der Waals surface area contributed by atoms with Gasteiger partial charge in [0, 0.05) is 41.2 Å². The summed E-state index contributed by atoms with van der Waals surface area (Å²) < 4.78 is 17.9. The highest BCUT2D eigenvalue weighted by Crippen LogP contribution is 2.46. The first-order valence-corrected chi connectivity index (χ1v) is 12.7. The van der Waals surface area contributed by atoms with E-state index >= 15 is 4.39 Å². The van der Waals surface area contributed by atoms with Crippen molar-refractivity contribution < 1.29 is 19.4 Å². The van der Waals surface area contributed by atoms with Gasteiger partial charge in [-0.1, -0.05) is 6.07 Å². The Morgan fingerprint density at radius 3 is 2.63 bits per heavy atom. The Kier molecular flexibility index (Phi) is 5.51. The Labute approximate surface area is 218 Å². The largest absolute Gasteiger partial charge is 0.390 e. The number of aliphatic hydroxyl groups is 2. The number of hydrogen-bond acceptors (Lipinski definition) is 7. The molecule has 10 heteroatoms. The van der Waals surface area contributed by atoms with Crippen LogP contribution in [0.2, 0.25) is 0 Å². The number of nitrogens with zero attached hydrogens (tertiary/aromatic N) is 5. The molecule has 4 aromatic rings. The normalized spacial score (nSPS) is 21.4. The Morgan fingerprint density at radius 2 is 1.92 bits per heavy atom. The van der Waals surface area contributed by atoms with Gasteiger partial charge < -0.3 is 20.8 Å². The second kappa shape index (κ2) is 8.57. The Bertz CT molecular complexity index is 1610. The summed E-state index contributed by atoms with van der Waals surface area (Å²) in [5.41, 5.74) is 9.18. The molecular formula is C28H29FN6O3. The molecule has 1 unspecified atom stereocenters. The zero-order valence-electron chi connectivity index (χ0n) is 21.4. The molecule has 0 bridgehead atoms. The maximum absolute atomic E-state index is 16.1. The van der Waals surface area contributed by atoms with E-state index in [0.717, 1.165) is 0 Å². The monoisotopic (exact) mass is 516 g/mol. The number of halogens is 1. The molecule has 3 aromatic heterocycles. The van der Waals surface area contributed by atoms with E-state index in [-0.39, 0.29) is 29.5 Å². The van der Waals surface area contributed by atoms with E-state index in [4.69, 9.17) is 10.7 Å². The Hall–Kier alpha value is -3.89. The summed E-state index contributed by atoms with van der Waals surface area (Å²) in [5, 5.41) is 21.0. The Morgan fingerprint density at radius 1 is 1.16 bits per heavy atom. The number of amides is 1. The first-order valence-electron chi connectivity index (χ1n) is 12.7. The number of anilines is 2. The maximum Gasteiger partial charge on any atom is 0.262 e. The fourth-order valence-corrected chi connectivity index (χ4v) is 5.79. The molecule has 9 nitrogen and oxygen atoms in total. The molecule has 1 aliphatic heterocycles. The van der Waals surface area contributed by atoms with Crippen LogP contribution in [0.25, 0.3) is 16.8 Å². The number of aromatic nitrogens is 4. The average molecular weight is 517 g/mol. The lowest BCUT2D eigenvalue weighted by Crippen LogP contribution is -2.40. The van der Waals surface area contributed by atoms with Gasteiger partial charge in [-0.3, -0.25) is 14.2 Å². The quantitative estimate of drug-likeness (QED) is 0.379. The molecule has 1 saturated carbocycles. The van der Waals surface area contributed by atoms with Crippen molar-refractivity contribution in [3.05, 3.63) is 70.8 Å². The number of nitrogen functional groups attached to an aromatic ring is 1. The number of carbonyl (C=O) groups excluding carboxylic acids is 1. The number of aryl methyl sites for hydroxylation is 2. The number of aliphatic hydroxyl groups excluding tert-OH is 1. The van der Waals surface area contributed by atoms with Gasteiger partial charge in [-0.05, 0) is 64.3 Å². The van der Waals surface area contributed by atoms with Gasteiger partial charge in [0.1, 0.15) is 28.7 Å². The summed E-state index contributed by atoms with van der Waals surface area (Å²) in [6, 6.07) is 8.39. The number of pyridine rings is 1. The number of rotatable bonds is 4. The van der Waals surface area contributed by atoms with E-state index in [1.165, 1.54) is 4.90 Å². The maximum atomic E-state index is 16.1. The first-order chi connectivity index (χ1) is 18.0. The molecule has 0 saturated heterocycles. The highest BCUT2D eigenvalue weighted by molar-refractivity contribution is 5.99. The van der Waals surface area contributed by atoms with Crippen molar-refractivity contribution in [1.29, 1.82) is 0 Å². The third kappa shape index (κ3) is 3.83. The van der Waals surface area contributed by atoms with Crippen LogP contribution in [0.5, 0.6) is 0 Å². The van der Waals surface area contributed by atoms with Crippen LogP contribution in [0.4, 0.5) is 15.9 Å². The first kappa shape index (κ1) is 24.4. The van der Waals surface area contributed by atoms with Gasteiger partial charge in [0.15, 0.2) is 6.10 Å². The summed E-state index contributed by atoms with van der Waals surface area (Å²) in [4.78, 5) is 28.0. The standard InChI is InChI=1S/C28H29FN6O3/c1-14-5-4-6-19(31-14)24(36)27(37)34-10-9-17-20(34)8-7-18(21(17)29)22-23-25(30)32-15(2)13-35(23)26(33-22)16-11-28(3,38)12-16/h4-8,13,16,24,36,38H,9-12H2,1-3H3,(H2,30,32). The fraction of sp³-hybridized carbons (Fsp3) is 0.357.